The molecule has 0 aliphatic heterocycles. The van der Waals surface area contributed by atoms with Gasteiger partial charge >= 0.3 is 0 Å². The molecule has 6 heteroatoms. The summed E-state index contributed by atoms with van der Waals surface area (Å²) in [6, 6.07) is 39.9. The van der Waals surface area contributed by atoms with Gasteiger partial charge in [-0.1, -0.05) is 84.9 Å². The van der Waals surface area contributed by atoms with Crippen LogP contribution in [0.5, 0.6) is 0 Å². The van der Waals surface area contributed by atoms with E-state index in [9.17, 15) is 0 Å². The van der Waals surface area contributed by atoms with Crippen LogP contribution in [0.1, 0.15) is 0 Å². The van der Waals surface area contributed by atoms with Gasteiger partial charge in [0.05, 0.1) is 5.56 Å². The molecule has 43 heavy (non-hydrogen) atoms. The third-order valence-corrected chi connectivity index (χ3v) is 10.5. The van der Waals surface area contributed by atoms with Crippen LogP contribution >= 0.6 is 22.7 Å². The molecule has 6 aromatic carbocycles. The fourth-order valence-corrected chi connectivity index (χ4v) is 8.65. The highest BCUT2D eigenvalue weighted by Gasteiger charge is 2.24. The second-order valence-electron chi connectivity index (χ2n) is 10.8. The van der Waals surface area contributed by atoms with E-state index in [1.807, 2.05) is 83.3 Å². The van der Waals surface area contributed by atoms with Gasteiger partial charge in [-0.25, -0.2) is 15.0 Å². The first-order valence-electron chi connectivity index (χ1n) is 14.1. The van der Waals surface area contributed by atoms with E-state index < -0.39 is 0 Å². The number of benzene rings is 6. The van der Waals surface area contributed by atoms with Crippen molar-refractivity contribution in [3.63, 3.8) is 0 Å². The molecule has 4 heterocycles. The predicted molar refractivity (Wildman–Crippen MR) is 180 cm³/mol. The zero-order chi connectivity index (χ0) is 28.1. The van der Waals surface area contributed by atoms with Gasteiger partial charge in [-0.15, -0.1) is 22.7 Å². The van der Waals surface area contributed by atoms with Crippen molar-refractivity contribution in [2.75, 3.05) is 0 Å². The van der Waals surface area contributed by atoms with Gasteiger partial charge in [0.1, 0.15) is 11.2 Å². The number of hydrogen-bond acceptors (Lipinski definition) is 6. The first kappa shape index (κ1) is 23.4. The maximum Gasteiger partial charge on any atom is 0.167 e. The fourth-order valence-electron chi connectivity index (χ4n) is 6.38. The Hall–Kier alpha value is -5.17. The summed E-state index contributed by atoms with van der Waals surface area (Å²) in [6.45, 7) is 0. The Bertz CT molecular complexity index is 2610. The largest absolute Gasteiger partial charge is 0.455 e. The molecule has 0 amide bonds. The highest BCUT2D eigenvalue weighted by atomic mass is 32.1. The third-order valence-electron chi connectivity index (χ3n) is 8.30. The lowest BCUT2D eigenvalue weighted by Crippen LogP contribution is -2.00. The van der Waals surface area contributed by atoms with E-state index in [-0.39, 0.29) is 0 Å². The van der Waals surface area contributed by atoms with Gasteiger partial charge in [-0.3, -0.25) is 0 Å². The van der Waals surface area contributed by atoms with E-state index in [4.69, 9.17) is 19.4 Å². The monoisotopic (exact) mass is 585 g/mol. The molecular formula is C37H19N3OS2. The first-order valence-corrected chi connectivity index (χ1v) is 15.7. The summed E-state index contributed by atoms with van der Waals surface area (Å²) in [5.74, 6) is 1.86. The van der Waals surface area contributed by atoms with Crippen molar-refractivity contribution in [1.29, 1.82) is 0 Å². The predicted octanol–water partition coefficient (Wildman–Crippen LogP) is 10.9. The third kappa shape index (κ3) is 3.33. The average molecular weight is 586 g/mol. The van der Waals surface area contributed by atoms with Crippen LogP contribution < -0.4 is 0 Å². The van der Waals surface area contributed by atoms with Gasteiger partial charge in [0.15, 0.2) is 17.5 Å². The molecule has 0 spiro atoms. The molecule has 200 valence electrons. The second-order valence-corrected chi connectivity index (χ2v) is 12.9. The number of aromatic nitrogens is 3. The lowest BCUT2D eigenvalue weighted by molar-refractivity contribution is 0.668. The van der Waals surface area contributed by atoms with Crippen LogP contribution in [-0.2, 0) is 0 Å². The van der Waals surface area contributed by atoms with Crippen molar-refractivity contribution in [3.8, 4) is 34.2 Å². The Morgan fingerprint density at radius 3 is 1.67 bits per heavy atom. The smallest absolute Gasteiger partial charge is 0.167 e. The molecule has 0 fully saturated rings. The van der Waals surface area contributed by atoms with Crippen molar-refractivity contribution in [3.05, 3.63) is 115 Å². The molecular weight excluding hydrogens is 567 g/mol. The molecule has 0 atom stereocenters. The highest BCUT2D eigenvalue weighted by Crippen LogP contribution is 2.51. The van der Waals surface area contributed by atoms with E-state index in [1.165, 1.54) is 40.3 Å². The minimum Gasteiger partial charge on any atom is -0.455 e. The number of thiophene rings is 2. The van der Waals surface area contributed by atoms with Crippen molar-refractivity contribution in [2.24, 2.45) is 0 Å². The van der Waals surface area contributed by atoms with Crippen LogP contribution in [0, 0.1) is 0 Å². The Morgan fingerprint density at radius 1 is 0.442 bits per heavy atom. The lowest BCUT2D eigenvalue weighted by Gasteiger charge is -2.09. The molecule has 0 saturated heterocycles. The summed E-state index contributed by atoms with van der Waals surface area (Å²) in [5.41, 5.74) is 4.45. The van der Waals surface area contributed by atoms with E-state index >= 15 is 0 Å². The first-order chi connectivity index (χ1) is 21.3. The van der Waals surface area contributed by atoms with Crippen LogP contribution in [0.25, 0.3) is 96.4 Å². The Balaban J connectivity index is 1.39. The average Bonchev–Trinajstić information content (AvgIpc) is 3.58. The zero-order valence-electron chi connectivity index (χ0n) is 22.5. The summed E-state index contributed by atoms with van der Waals surface area (Å²) in [6.07, 6.45) is 0. The highest BCUT2D eigenvalue weighted by molar-refractivity contribution is 7.28. The zero-order valence-corrected chi connectivity index (χ0v) is 24.2. The molecule has 10 rings (SSSR count). The van der Waals surface area contributed by atoms with Gasteiger partial charge < -0.3 is 4.42 Å². The summed E-state index contributed by atoms with van der Waals surface area (Å²) in [4.78, 5) is 15.1. The molecule has 0 aliphatic rings. The molecule has 0 saturated carbocycles. The molecule has 0 bridgehead atoms. The minimum absolute atomic E-state index is 0.594. The van der Waals surface area contributed by atoms with Gasteiger partial charge in [0.25, 0.3) is 0 Å². The summed E-state index contributed by atoms with van der Waals surface area (Å²) < 4.78 is 12.1. The quantitative estimate of drug-likeness (QED) is 0.207. The molecule has 10 aromatic rings. The summed E-state index contributed by atoms with van der Waals surface area (Å²) >= 11 is 3.65. The number of fused-ring (bicyclic) bond motifs is 2. The van der Waals surface area contributed by atoms with Crippen molar-refractivity contribution in [2.45, 2.75) is 0 Å². The molecule has 4 aromatic heterocycles. The van der Waals surface area contributed by atoms with Crippen molar-refractivity contribution in [1.82, 2.24) is 15.0 Å². The van der Waals surface area contributed by atoms with Crippen molar-refractivity contribution < 1.29 is 4.42 Å². The van der Waals surface area contributed by atoms with Crippen LogP contribution in [0.3, 0.4) is 0 Å². The molecule has 4 nitrogen and oxygen atoms in total. The van der Waals surface area contributed by atoms with Crippen LogP contribution in [-0.4, -0.2) is 15.0 Å². The maximum absolute atomic E-state index is 7.18. The molecule has 0 unspecified atom stereocenters. The van der Waals surface area contributed by atoms with Gasteiger partial charge in [0, 0.05) is 56.9 Å². The Morgan fingerprint density at radius 2 is 0.977 bits per heavy atom. The standard InChI is InChI=1S/C37H19N3OS2/c1-3-9-20(10-4-1)35-38-36(21-11-5-2-6-12-21)40-37(39-35)24-15-16-27-31-29-25(42-27)17-18-26-30(29)32-28(43-26)19-22-13-7-8-14-23(22)33(32)41-34(24)31/h1-19H. The number of hydrogen-bond donors (Lipinski definition) is 0. The van der Waals surface area contributed by atoms with Crippen molar-refractivity contribution >= 4 is 85.0 Å². The number of nitrogens with zero attached hydrogens (tertiary/aromatic N) is 3. The Kier molecular flexibility index (Phi) is 4.72. The van der Waals surface area contributed by atoms with E-state index in [0.717, 1.165) is 38.6 Å². The summed E-state index contributed by atoms with van der Waals surface area (Å²) in [5, 5.41) is 7.14. The second kappa shape index (κ2) is 8.67. The van der Waals surface area contributed by atoms with E-state index in [2.05, 4.69) is 54.6 Å². The fraction of sp³-hybridized carbons (Fsp3) is 0. The van der Waals surface area contributed by atoms with Gasteiger partial charge in [-0.2, -0.15) is 0 Å². The van der Waals surface area contributed by atoms with E-state index in [0.29, 0.717) is 17.5 Å². The Labute approximate surface area is 252 Å². The lowest BCUT2D eigenvalue weighted by atomic mass is 10.0. The van der Waals surface area contributed by atoms with Gasteiger partial charge in [-0.05, 0) is 35.7 Å². The number of rotatable bonds is 3. The molecule has 0 N–H and O–H groups in total. The molecule has 0 aliphatic carbocycles. The van der Waals surface area contributed by atoms with E-state index in [1.54, 1.807) is 0 Å². The molecule has 0 radical (unpaired) electrons. The minimum atomic E-state index is 0.594. The summed E-state index contributed by atoms with van der Waals surface area (Å²) in [7, 11) is 0. The maximum atomic E-state index is 7.18. The normalized spacial score (nSPS) is 12.2. The SMILES string of the molecule is c1ccc(-c2nc(-c3ccccc3)nc(-c3ccc4sc5ccc6sc7cc8ccccc8c8oc3c4c5c6c78)n2)cc1. The topological polar surface area (TPSA) is 51.8 Å². The van der Waals surface area contributed by atoms with Crippen LogP contribution in [0.2, 0.25) is 0 Å². The van der Waals surface area contributed by atoms with Gasteiger partial charge in [0.2, 0.25) is 0 Å². The van der Waals surface area contributed by atoms with Crippen LogP contribution in [0.15, 0.2) is 120 Å². The van der Waals surface area contributed by atoms with Crippen LogP contribution in [0.4, 0.5) is 0 Å².